The summed E-state index contributed by atoms with van der Waals surface area (Å²) in [5.74, 6) is -0.233. The van der Waals surface area contributed by atoms with Crippen molar-refractivity contribution in [1.29, 1.82) is 0 Å². The summed E-state index contributed by atoms with van der Waals surface area (Å²) in [6.07, 6.45) is 3.40. The summed E-state index contributed by atoms with van der Waals surface area (Å²) in [4.78, 5) is 26.9. The number of nitrogens with one attached hydrogen (secondary N) is 1. The van der Waals surface area contributed by atoms with Crippen molar-refractivity contribution < 1.29 is 4.79 Å². The van der Waals surface area contributed by atoms with Gasteiger partial charge in [0.1, 0.15) is 10.7 Å². The summed E-state index contributed by atoms with van der Waals surface area (Å²) in [7, 11) is 0. The lowest BCUT2D eigenvalue weighted by Gasteiger charge is -2.07. The number of thiazole rings is 1. The smallest absolute Gasteiger partial charge is 0.260 e. The quantitative estimate of drug-likeness (QED) is 0.519. The van der Waals surface area contributed by atoms with Crippen molar-refractivity contribution in [3.63, 3.8) is 0 Å². The molecule has 7 heteroatoms. The molecule has 1 amide bonds. The molecule has 1 N–H and O–H groups in total. The molecule has 3 heterocycles. The summed E-state index contributed by atoms with van der Waals surface area (Å²) in [6, 6.07) is 19.0. The largest absolute Gasteiger partial charge is 0.298 e. The van der Waals surface area contributed by atoms with E-state index in [0.29, 0.717) is 15.7 Å². The van der Waals surface area contributed by atoms with Gasteiger partial charge in [0.15, 0.2) is 5.13 Å². The summed E-state index contributed by atoms with van der Waals surface area (Å²) < 4.78 is 0. The van der Waals surface area contributed by atoms with E-state index in [9.17, 15) is 4.79 Å². The molecule has 0 aliphatic rings. The van der Waals surface area contributed by atoms with E-state index in [-0.39, 0.29) is 5.91 Å². The number of carbonyl (C=O) groups is 1. The van der Waals surface area contributed by atoms with Crippen LogP contribution >= 0.6 is 23.1 Å². The summed E-state index contributed by atoms with van der Waals surface area (Å²) >= 11 is 2.82. The highest BCUT2D eigenvalue weighted by molar-refractivity contribution is 7.99. The van der Waals surface area contributed by atoms with Gasteiger partial charge in [-0.2, -0.15) is 0 Å². The number of nitrogens with zero attached hydrogens (tertiary/aromatic N) is 3. The van der Waals surface area contributed by atoms with E-state index in [1.54, 1.807) is 24.5 Å². The minimum Gasteiger partial charge on any atom is -0.298 e. The van der Waals surface area contributed by atoms with Crippen LogP contribution in [0.1, 0.15) is 10.4 Å². The molecular weight excluding hydrogens is 376 g/mol. The van der Waals surface area contributed by atoms with E-state index >= 15 is 0 Å². The van der Waals surface area contributed by atoms with Crippen molar-refractivity contribution in [1.82, 2.24) is 15.0 Å². The number of benzene rings is 1. The number of carbonyl (C=O) groups excluding carboxylic acids is 1. The maximum absolute atomic E-state index is 12.8. The fourth-order valence-corrected chi connectivity index (χ4v) is 3.97. The van der Waals surface area contributed by atoms with Gasteiger partial charge < -0.3 is 0 Å². The first-order valence-electron chi connectivity index (χ1n) is 8.16. The first kappa shape index (κ1) is 17.4. The molecule has 0 aliphatic carbocycles. The molecule has 0 fully saturated rings. The Bertz CT molecular complexity index is 1050. The van der Waals surface area contributed by atoms with Crippen molar-refractivity contribution >= 4 is 34.1 Å². The highest BCUT2D eigenvalue weighted by Crippen LogP contribution is 2.29. The number of rotatable bonds is 5. The molecule has 3 aromatic heterocycles. The van der Waals surface area contributed by atoms with E-state index in [4.69, 9.17) is 0 Å². The third-order valence-corrected chi connectivity index (χ3v) is 5.41. The number of amides is 1. The second kappa shape index (κ2) is 8.11. The van der Waals surface area contributed by atoms with Gasteiger partial charge >= 0.3 is 0 Å². The van der Waals surface area contributed by atoms with Crippen LogP contribution in [0.2, 0.25) is 0 Å². The maximum atomic E-state index is 12.8. The van der Waals surface area contributed by atoms with Gasteiger partial charge in [-0.3, -0.25) is 15.1 Å². The third kappa shape index (κ3) is 4.21. The second-order valence-corrected chi connectivity index (χ2v) is 7.40. The predicted molar refractivity (Wildman–Crippen MR) is 108 cm³/mol. The van der Waals surface area contributed by atoms with E-state index in [2.05, 4.69) is 20.3 Å². The number of hydrogen-bond donors (Lipinski definition) is 1. The number of pyridine rings is 2. The molecule has 0 spiro atoms. The summed E-state index contributed by atoms with van der Waals surface area (Å²) in [5, 5.41) is 5.92. The number of aromatic nitrogens is 3. The lowest BCUT2D eigenvalue weighted by Crippen LogP contribution is -2.13. The van der Waals surface area contributed by atoms with Crippen molar-refractivity contribution in [3.8, 4) is 11.4 Å². The van der Waals surface area contributed by atoms with Gasteiger partial charge in [-0.05, 0) is 36.4 Å². The van der Waals surface area contributed by atoms with E-state index in [0.717, 1.165) is 16.3 Å². The molecule has 5 nitrogen and oxygen atoms in total. The fourth-order valence-electron chi connectivity index (χ4n) is 2.37. The molecule has 132 valence electrons. The molecule has 0 unspecified atom stereocenters. The zero-order chi connectivity index (χ0) is 18.5. The third-order valence-electron chi connectivity index (χ3n) is 3.63. The molecule has 4 rings (SSSR count). The SMILES string of the molecule is O=C(Nc1nc(-c2ccccn2)cs1)c1cccnc1Sc1ccccc1. The number of hydrogen-bond acceptors (Lipinski definition) is 6. The van der Waals surface area contributed by atoms with Crippen LogP contribution in [0.3, 0.4) is 0 Å². The lowest BCUT2D eigenvalue weighted by atomic mass is 10.3. The van der Waals surface area contributed by atoms with Gasteiger partial charge in [-0.15, -0.1) is 11.3 Å². The molecule has 0 atom stereocenters. The molecule has 0 radical (unpaired) electrons. The van der Waals surface area contributed by atoms with E-state index in [1.165, 1.54) is 23.1 Å². The Balaban J connectivity index is 1.53. The monoisotopic (exact) mass is 390 g/mol. The Labute approximate surface area is 164 Å². The van der Waals surface area contributed by atoms with Crippen LogP contribution in [0, 0.1) is 0 Å². The van der Waals surface area contributed by atoms with Crippen molar-refractivity contribution in [2.75, 3.05) is 5.32 Å². The van der Waals surface area contributed by atoms with Gasteiger partial charge in [0.25, 0.3) is 5.91 Å². The number of anilines is 1. The van der Waals surface area contributed by atoms with Crippen LogP contribution in [0.4, 0.5) is 5.13 Å². The highest BCUT2D eigenvalue weighted by Gasteiger charge is 2.15. The second-order valence-electron chi connectivity index (χ2n) is 5.48. The van der Waals surface area contributed by atoms with Crippen molar-refractivity contribution in [2.45, 2.75) is 9.92 Å². The normalized spacial score (nSPS) is 10.5. The van der Waals surface area contributed by atoms with E-state index < -0.39 is 0 Å². The van der Waals surface area contributed by atoms with Crippen LogP contribution in [0.5, 0.6) is 0 Å². The fraction of sp³-hybridized carbons (Fsp3) is 0. The van der Waals surface area contributed by atoms with Crippen LogP contribution in [0.25, 0.3) is 11.4 Å². The minimum atomic E-state index is -0.233. The molecule has 0 saturated heterocycles. The standard InChI is InChI=1S/C20H14N4OS2/c25-18(24-20-23-17(13-26-20)16-10-4-5-11-21-16)15-9-6-12-22-19(15)27-14-7-2-1-3-8-14/h1-13H,(H,23,24,25). The van der Waals surface area contributed by atoms with Gasteiger partial charge in [0.05, 0.1) is 11.3 Å². The topological polar surface area (TPSA) is 67.8 Å². The summed E-state index contributed by atoms with van der Waals surface area (Å²) in [6.45, 7) is 0. The van der Waals surface area contributed by atoms with Gasteiger partial charge in [0, 0.05) is 22.7 Å². The molecule has 0 saturated carbocycles. The Hall–Kier alpha value is -3.03. The summed E-state index contributed by atoms with van der Waals surface area (Å²) in [5.41, 5.74) is 2.03. The maximum Gasteiger partial charge on any atom is 0.260 e. The molecule has 0 aliphatic heterocycles. The Morgan fingerprint density at radius 3 is 2.52 bits per heavy atom. The molecule has 1 aromatic carbocycles. The van der Waals surface area contributed by atoms with Gasteiger partial charge in [-0.25, -0.2) is 9.97 Å². The van der Waals surface area contributed by atoms with Crippen LogP contribution < -0.4 is 5.32 Å². The average Bonchev–Trinajstić information content (AvgIpc) is 3.18. The average molecular weight is 390 g/mol. The molecule has 4 aromatic rings. The zero-order valence-electron chi connectivity index (χ0n) is 14.1. The first-order valence-corrected chi connectivity index (χ1v) is 9.85. The highest BCUT2D eigenvalue weighted by atomic mass is 32.2. The Morgan fingerprint density at radius 2 is 1.70 bits per heavy atom. The molecule has 27 heavy (non-hydrogen) atoms. The van der Waals surface area contributed by atoms with Crippen LogP contribution in [0.15, 0.2) is 88.4 Å². The van der Waals surface area contributed by atoms with Crippen molar-refractivity contribution in [2.24, 2.45) is 0 Å². The van der Waals surface area contributed by atoms with Gasteiger partial charge in [-0.1, -0.05) is 36.0 Å². The van der Waals surface area contributed by atoms with E-state index in [1.807, 2.05) is 53.9 Å². The minimum absolute atomic E-state index is 0.233. The van der Waals surface area contributed by atoms with Crippen LogP contribution in [-0.2, 0) is 0 Å². The Kier molecular flexibility index (Phi) is 5.22. The van der Waals surface area contributed by atoms with Crippen molar-refractivity contribution in [3.05, 3.63) is 84.0 Å². The lowest BCUT2D eigenvalue weighted by molar-refractivity contribution is 0.102. The van der Waals surface area contributed by atoms with Gasteiger partial charge in [0.2, 0.25) is 0 Å². The zero-order valence-corrected chi connectivity index (χ0v) is 15.7. The molecular formula is C20H14N4OS2. The molecule has 0 bridgehead atoms. The predicted octanol–water partition coefficient (Wildman–Crippen LogP) is 5.00. The Morgan fingerprint density at radius 1 is 0.889 bits per heavy atom. The van der Waals surface area contributed by atoms with Crippen LogP contribution in [-0.4, -0.2) is 20.9 Å². The first-order chi connectivity index (χ1) is 13.3.